The number of carbonyl (C=O) groups excluding carboxylic acids is 2. The molecule has 11 heteroatoms. The summed E-state index contributed by atoms with van der Waals surface area (Å²) in [7, 11) is -2.35. The summed E-state index contributed by atoms with van der Waals surface area (Å²) in [5.74, 6) is -1.50. The topological polar surface area (TPSA) is 78.0 Å². The van der Waals surface area contributed by atoms with Gasteiger partial charge < -0.3 is 9.80 Å². The second kappa shape index (κ2) is 10.6. The van der Waals surface area contributed by atoms with Gasteiger partial charge in [0.05, 0.1) is 15.5 Å². The van der Waals surface area contributed by atoms with Crippen molar-refractivity contribution < 1.29 is 26.8 Å². The zero-order valence-corrected chi connectivity index (χ0v) is 19.6. The molecule has 3 rings (SSSR count). The van der Waals surface area contributed by atoms with Gasteiger partial charge in [0.25, 0.3) is 5.91 Å². The molecule has 7 nitrogen and oxygen atoms in total. The molecule has 2 aromatic rings. The van der Waals surface area contributed by atoms with Crippen LogP contribution < -0.4 is 0 Å². The molecule has 1 fully saturated rings. The molecule has 0 N–H and O–H groups in total. The molecule has 0 radical (unpaired) electrons. The lowest BCUT2D eigenvalue weighted by molar-refractivity contribution is -0.132. The van der Waals surface area contributed by atoms with Gasteiger partial charge in [-0.25, -0.2) is 21.5 Å². The van der Waals surface area contributed by atoms with Crippen LogP contribution in [0, 0.1) is 11.6 Å². The Morgan fingerprint density at radius 1 is 0.970 bits per heavy atom. The van der Waals surface area contributed by atoms with Crippen LogP contribution in [0.15, 0.2) is 47.4 Å². The van der Waals surface area contributed by atoms with Crippen molar-refractivity contribution in [1.82, 2.24) is 14.1 Å². The van der Waals surface area contributed by atoms with Crippen molar-refractivity contribution in [1.29, 1.82) is 0 Å². The van der Waals surface area contributed by atoms with Crippen molar-refractivity contribution in [3.8, 4) is 0 Å². The highest BCUT2D eigenvalue weighted by atomic mass is 35.5. The highest BCUT2D eigenvalue weighted by Crippen LogP contribution is 2.20. The molecule has 1 aliphatic heterocycles. The van der Waals surface area contributed by atoms with Crippen molar-refractivity contribution in [2.45, 2.75) is 17.7 Å². The van der Waals surface area contributed by atoms with Gasteiger partial charge in [0.1, 0.15) is 11.6 Å². The minimum absolute atomic E-state index is 0.0141. The molecule has 0 atom stereocenters. The largest absolute Gasteiger partial charge is 0.339 e. The van der Waals surface area contributed by atoms with Gasteiger partial charge in [-0.3, -0.25) is 9.59 Å². The number of rotatable bonds is 7. The summed E-state index contributed by atoms with van der Waals surface area (Å²) in [6.07, 6.45) is 0.473. The van der Waals surface area contributed by atoms with Crippen LogP contribution in [-0.4, -0.2) is 74.1 Å². The number of benzene rings is 2. The van der Waals surface area contributed by atoms with Crippen molar-refractivity contribution in [2.75, 3.05) is 39.8 Å². The summed E-state index contributed by atoms with van der Waals surface area (Å²) < 4.78 is 52.4. The second-order valence-corrected chi connectivity index (χ2v) is 10.1. The molecule has 1 heterocycles. The van der Waals surface area contributed by atoms with Gasteiger partial charge in [0.2, 0.25) is 15.9 Å². The van der Waals surface area contributed by atoms with E-state index in [0.29, 0.717) is 32.6 Å². The van der Waals surface area contributed by atoms with Crippen LogP contribution in [0.2, 0.25) is 5.02 Å². The smallest absolute Gasteiger partial charge is 0.255 e. The molecule has 178 valence electrons. The molecule has 0 unspecified atom stereocenters. The summed E-state index contributed by atoms with van der Waals surface area (Å²) >= 11 is 5.97. The Morgan fingerprint density at radius 2 is 1.55 bits per heavy atom. The summed E-state index contributed by atoms with van der Waals surface area (Å²) in [5, 5.41) is 0.0400. The van der Waals surface area contributed by atoms with E-state index in [1.807, 2.05) is 0 Å². The standard InChI is InChI=1S/C22H24ClF2N3O4S/c1-26(33(31,32)18-7-4-16(24)5-8-18)10-2-3-21(29)27-11-13-28(14-12-27)22(30)19-9-6-17(25)15-20(19)23/h4-9,15H,2-3,10-14H2,1H3. The monoisotopic (exact) mass is 499 g/mol. The van der Waals surface area contributed by atoms with Gasteiger partial charge in [-0.15, -0.1) is 0 Å². The number of carbonyl (C=O) groups is 2. The lowest BCUT2D eigenvalue weighted by Crippen LogP contribution is -2.50. The normalized spacial score (nSPS) is 14.6. The average molecular weight is 500 g/mol. The summed E-state index contributed by atoms with van der Waals surface area (Å²) in [5.41, 5.74) is 0.211. The maximum absolute atomic E-state index is 13.2. The van der Waals surface area contributed by atoms with Gasteiger partial charge in [-0.1, -0.05) is 11.6 Å². The molecular formula is C22H24ClF2N3O4S. The zero-order chi connectivity index (χ0) is 24.2. The summed E-state index contributed by atoms with van der Waals surface area (Å²) in [4.78, 5) is 28.3. The fourth-order valence-corrected chi connectivity index (χ4v) is 4.97. The first-order chi connectivity index (χ1) is 15.6. The lowest BCUT2D eigenvalue weighted by atomic mass is 10.1. The van der Waals surface area contributed by atoms with Crippen molar-refractivity contribution in [2.24, 2.45) is 0 Å². The molecule has 1 aliphatic rings. The van der Waals surface area contributed by atoms with Crippen LogP contribution in [0.25, 0.3) is 0 Å². The number of hydrogen-bond acceptors (Lipinski definition) is 4. The third kappa shape index (κ3) is 6.07. The zero-order valence-electron chi connectivity index (χ0n) is 18.0. The molecule has 0 aliphatic carbocycles. The van der Waals surface area contributed by atoms with Gasteiger partial charge in [0.15, 0.2) is 0 Å². The number of hydrogen-bond donors (Lipinski definition) is 0. The van der Waals surface area contributed by atoms with E-state index in [0.717, 1.165) is 22.5 Å². The van der Waals surface area contributed by atoms with E-state index < -0.39 is 21.7 Å². The maximum Gasteiger partial charge on any atom is 0.255 e. The highest BCUT2D eigenvalue weighted by molar-refractivity contribution is 7.89. The molecule has 1 saturated heterocycles. The van der Waals surface area contributed by atoms with Crippen LogP contribution in [0.4, 0.5) is 8.78 Å². The Bertz CT molecular complexity index is 1120. The Morgan fingerprint density at radius 3 is 2.15 bits per heavy atom. The Kier molecular flexibility index (Phi) is 8.04. The Hall–Kier alpha value is -2.56. The molecule has 2 aromatic carbocycles. The first-order valence-electron chi connectivity index (χ1n) is 10.3. The first-order valence-corrected chi connectivity index (χ1v) is 12.2. The van der Waals surface area contributed by atoms with Crippen LogP contribution in [0.1, 0.15) is 23.2 Å². The third-order valence-electron chi connectivity index (χ3n) is 5.47. The molecule has 2 amide bonds. The average Bonchev–Trinajstić information content (AvgIpc) is 2.79. The van der Waals surface area contributed by atoms with Crippen LogP contribution in [0.5, 0.6) is 0 Å². The predicted molar refractivity (Wildman–Crippen MR) is 119 cm³/mol. The van der Waals surface area contributed by atoms with Crippen LogP contribution >= 0.6 is 11.6 Å². The van der Waals surface area contributed by atoms with E-state index in [9.17, 15) is 26.8 Å². The minimum atomic E-state index is -3.76. The third-order valence-corrected chi connectivity index (χ3v) is 7.65. The molecule has 0 bridgehead atoms. The number of amides is 2. The van der Waals surface area contributed by atoms with Gasteiger partial charge >= 0.3 is 0 Å². The molecular weight excluding hydrogens is 476 g/mol. The van der Waals surface area contributed by atoms with Crippen LogP contribution in [0.3, 0.4) is 0 Å². The fourth-order valence-electron chi connectivity index (χ4n) is 3.51. The van der Waals surface area contributed by atoms with E-state index in [-0.39, 0.29) is 40.3 Å². The van der Waals surface area contributed by atoms with E-state index >= 15 is 0 Å². The first kappa shape index (κ1) is 25.1. The SMILES string of the molecule is CN(CCCC(=O)N1CCN(C(=O)c2ccc(F)cc2Cl)CC1)S(=O)(=O)c1ccc(F)cc1. The quantitative estimate of drug-likeness (QED) is 0.586. The van der Waals surface area contributed by atoms with Gasteiger partial charge in [-0.2, -0.15) is 0 Å². The maximum atomic E-state index is 13.2. The molecule has 33 heavy (non-hydrogen) atoms. The molecule has 0 spiro atoms. The second-order valence-electron chi connectivity index (χ2n) is 7.68. The van der Waals surface area contributed by atoms with E-state index in [2.05, 4.69) is 0 Å². The lowest BCUT2D eigenvalue weighted by Gasteiger charge is -2.35. The van der Waals surface area contributed by atoms with Gasteiger partial charge in [-0.05, 0) is 48.9 Å². The van der Waals surface area contributed by atoms with Crippen molar-refractivity contribution in [3.63, 3.8) is 0 Å². The van der Waals surface area contributed by atoms with E-state index in [4.69, 9.17) is 11.6 Å². The predicted octanol–water partition coefficient (Wildman–Crippen LogP) is 3.00. The molecule has 0 saturated carbocycles. The highest BCUT2D eigenvalue weighted by Gasteiger charge is 2.26. The Labute approximate surface area is 196 Å². The van der Waals surface area contributed by atoms with Crippen LogP contribution in [-0.2, 0) is 14.8 Å². The Balaban J connectivity index is 1.46. The summed E-state index contributed by atoms with van der Waals surface area (Å²) in [6, 6.07) is 8.16. The fraction of sp³-hybridized carbons (Fsp3) is 0.364. The number of nitrogens with zero attached hydrogens (tertiary/aromatic N) is 3. The number of piperazine rings is 1. The van der Waals surface area contributed by atoms with E-state index in [1.54, 1.807) is 9.80 Å². The number of halogens is 3. The van der Waals surface area contributed by atoms with Gasteiger partial charge in [0, 0.05) is 46.2 Å². The molecule has 0 aromatic heterocycles. The van der Waals surface area contributed by atoms with E-state index in [1.165, 1.54) is 31.3 Å². The minimum Gasteiger partial charge on any atom is -0.339 e. The summed E-state index contributed by atoms with van der Waals surface area (Å²) in [6.45, 7) is 1.45. The number of sulfonamides is 1. The van der Waals surface area contributed by atoms with Crippen molar-refractivity contribution >= 4 is 33.4 Å². The van der Waals surface area contributed by atoms with Crippen molar-refractivity contribution in [3.05, 3.63) is 64.7 Å².